The summed E-state index contributed by atoms with van der Waals surface area (Å²) in [7, 11) is 1.60. The van der Waals surface area contributed by atoms with Crippen LogP contribution in [0.25, 0.3) is 21.9 Å². The molecule has 1 aliphatic heterocycles. The van der Waals surface area contributed by atoms with Crippen LogP contribution in [0.3, 0.4) is 0 Å². The lowest BCUT2D eigenvalue weighted by molar-refractivity contribution is 0.409. The molecular formula is C23H25NO3. The Kier molecular flexibility index (Phi) is 4.23. The fraction of sp³-hybridized carbons (Fsp3) is 0.304. The van der Waals surface area contributed by atoms with E-state index in [2.05, 4.69) is 25.2 Å². The zero-order valence-electron chi connectivity index (χ0n) is 16.1. The highest BCUT2D eigenvalue weighted by molar-refractivity contribution is 6.01. The third-order valence-electron chi connectivity index (χ3n) is 5.59. The van der Waals surface area contributed by atoms with Crippen LogP contribution in [0.15, 0.2) is 36.4 Å². The minimum Gasteiger partial charge on any atom is -0.507 e. The first-order valence-electron chi connectivity index (χ1n) is 9.32. The second-order valence-corrected chi connectivity index (χ2v) is 7.50. The first-order valence-corrected chi connectivity index (χ1v) is 9.32. The van der Waals surface area contributed by atoms with Crippen LogP contribution in [0, 0.1) is 6.92 Å². The quantitative estimate of drug-likeness (QED) is 0.610. The molecule has 2 atom stereocenters. The van der Waals surface area contributed by atoms with Crippen molar-refractivity contribution in [1.29, 1.82) is 0 Å². The number of hydrogen-bond donors (Lipinski definition) is 3. The van der Waals surface area contributed by atoms with Crippen molar-refractivity contribution < 1.29 is 14.9 Å². The molecule has 0 saturated carbocycles. The van der Waals surface area contributed by atoms with Gasteiger partial charge in [0.1, 0.15) is 17.2 Å². The highest BCUT2D eigenvalue weighted by atomic mass is 16.5. The lowest BCUT2D eigenvalue weighted by atomic mass is 9.86. The Labute approximate surface area is 159 Å². The summed E-state index contributed by atoms with van der Waals surface area (Å²) in [6.07, 6.45) is 0.879. The van der Waals surface area contributed by atoms with Crippen LogP contribution < -0.4 is 10.1 Å². The van der Waals surface area contributed by atoms with E-state index in [0.29, 0.717) is 28.3 Å². The summed E-state index contributed by atoms with van der Waals surface area (Å²) in [5.41, 5.74) is 4.29. The van der Waals surface area contributed by atoms with E-state index in [0.717, 1.165) is 28.5 Å². The molecule has 4 heteroatoms. The number of phenols is 2. The number of benzene rings is 3. The predicted molar refractivity (Wildman–Crippen MR) is 109 cm³/mol. The van der Waals surface area contributed by atoms with E-state index in [1.54, 1.807) is 7.11 Å². The Morgan fingerprint density at radius 2 is 1.85 bits per heavy atom. The van der Waals surface area contributed by atoms with E-state index in [-0.39, 0.29) is 17.5 Å². The summed E-state index contributed by atoms with van der Waals surface area (Å²) >= 11 is 0. The SMILES string of the molecule is COc1cccc2cc(C)c(-c3ccc4c(c3O)C(C)NC(C)C4)c(O)c12. The van der Waals surface area contributed by atoms with Crippen molar-refractivity contribution in [3.63, 3.8) is 0 Å². The average Bonchev–Trinajstić information content (AvgIpc) is 2.62. The predicted octanol–water partition coefficient (Wildman–Crippen LogP) is 4.83. The minimum absolute atomic E-state index is 0.0566. The number of methoxy groups -OCH3 is 1. The maximum absolute atomic E-state index is 11.1. The summed E-state index contributed by atoms with van der Waals surface area (Å²) in [5, 5.41) is 27.3. The summed E-state index contributed by atoms with van der Waals surface area (Å²) in [6, 6.07) is 12.1. The second-order valence-electron chi connectivity index (χ2n) is 7.50. The third-order valence-corrected chi connectivity index (χ3v) is 5.59. The van der Waals surface area contributed by atoms with Crippen LogP contribution in [-0.2, 0) is 6.42 Å². The number of ether oxygens (including phenoxy) is 1. The Morgan fingerprint density at radius 3 is 2.59 bits per heavy atom. The number of aromatic hydroxyl groups is 2. The normalized spacial score (nSPS) is 19.1. The van der Waals surface area contributed by atoms with Gasteiger partial charge >= 0.3 is 0 Å². The molecule has 4 nitrogen and oxygen atoms in total. The molecule has 0 saturated heterocycles. The van der Waals surface area contributed by atoms with Crippen LogP contribution in [-0.4, -0.2) is 23.4 Å². The largest absolute Gasteiger partial charge is 0.507 e. The molecule has 27 heavy (non-hydrogen) atoms. The van der Waals surface area contributed by atoms with Gasteiger partial charge in [-0.15, -0.1) is 0 Å². The molecule has 0 fully saturated rings. The Bertz CT molecular complexity index is 1040. The molecule has 4 rings (SSSR count). The van der Waals surface area contributed by atoms with E-state index in [1.165, 1.54) is 0 Å². The highest BCUT2D eigenvalue weighted by Gasteiger charge is 2.27. The smallest absolute Gasteiger partial charge is 0.135 e. The topological polar surface area (TPSA) is 61.7 Å². The van der Waals surface area contributed by atoms with Crippen LogP contribution in [0.1, 0.15) is 36.6 Å². The number of rotatable bonds is 2. The lowest BCUT2D eigenvalue weighted by Crippen LogP contribution is -2.36. The molecule has 2 unspecified atom stereocenters. The van der Waals surface area contributed by atoms with Crippen LogP contribution in [0.5, 0.6) is 17.2 Å². The number of nitrogens with one attached hydrogen (secondary N) is 1. The maximum atomic E-state index is 11.1. The van der Waals surface area contributed by atoms with Gasteiger partial charge in [0.15, 0.2) is 0 Å². The van der Waals surface area contributed by atoms with Gasteiger partial charge in [0.2, 0.25) is 0 Å². The number of phenolic OH excluding ortho intramolecular Hbond substituents is 2. The number of fused-ring (bicyclic) bond motifs is 2. The summed E-state index contributed by atoms with van der Waals surface area (Å²) < 4.78 is 5.46. The van der Waals surface area contributed by atoms with Gasteiger partial charge in [-0.05, 0) is 49.8 Å². The Hall–Kier alpha value is -2.72. The van der Waals surface area contributed by atoms with E-state index < -0.39 is 0 Å². The molecule has 0 radical (unpaired) electrons. The van der Waals surface area contributed by atoms with Gasteiger partial charge in [0.05, 0.1) is 12.5 Å². The van der Waals surface area contributed by atoms with Crippen molar-refractivity contribution in [2.45, 2.75) is 39.3 Å². The molecular weight excluding hydrogens is 338 g/mol. The first-order chi connectivity index (χ1) is 12.9. The number of aryl methyl sites for hydroxylation is 1. The molecule has 0 bridgehead atoms. The van der Waals surface area contributed by atoms with Crippen LogP contribution in [0.2, 0.25) is 0 Å². The molecule has 0 amide bonds. The maximum Gasteiger partial charge on any atom is 0.135 e. The Morgan fingerprint density at radius 1 is 1.07 bits per heavy atom. The highest BCUT2D eigenvalue weighted by Crippen LogP contribution is 2.47. The van der Waals surface area contributed by atoms with Crippen LogP contribution in [0.4, 0.5) is 0 Å². The van der Waals surface area contributed by atoms with Gasteiger partial charge < -0.3 is 20.3 Å². The lowest BCUT2D eigenvalue weighted by Gasteiger charge is -2.30. The van der Waals surface area contributed by atoms with Crippen molar-refractivity contribution in [3.8, 4) is 28.4 Å². The average molecular weight is 363 g/mol. The molecule has 3 N–H and O–H groups in total. The van der Waals surface area contributed by atoms with Crippen molar-refractivity contribution in [3.05, 3.63) is 53.1 Å². The van der Waals surface area contributed by atoms with Gasteiger partial charge in [-0.25, -0.2) is 0 Å². The van der Waals surface area contributed by atoms with E-state index in [9.17, 15) is 10.2 Å². The van der Waals surface area contributed by atoms with Crippen molar-refractivity contribution in [2.24, 2.45) is 0 Å². The standard InChI is InChI=1S/C23H25NO3/c1-12-10-15-6-5-7-18(27-4)21(15)23(26)19(12)17-9-8-16-11-13(2)24-14(3)20(16)22(17)25/h5-10,13-14,24-26H,11H2,1-4H3. The zero-order valence-corrected chi connectivity index (χ0v) is 16.1. The zero-order chi connectivity index (χ0) is 19.3. The second kappa shape index (κ2) is 6.46. The van der Waals surface area contributed by atoms with Gasteiger partial charge in [-0.3, -0.25) is 0 Å². The number of hydrogen-bond acceptors (Lipinski definition) is 4. The van der Waals surface area contributed by atoms with Crippen molar-refractivity contribution in [1.82, 2.24) is 5.32 Å². The molecule has 1 aliphatic rings. The van der Waals surface area contributed by atoms with Crippen LogP contribution >= 0.6 is 0 Å². The van der Waals surface area contributed by atoms with Crippen molar-refractivity contribution in [2.75, 3.05) is 7.11 Å². The summed E-state index contributed by atoms with van der Waals surface area (Å²) in [5.74, 6) is 1.00. The van der Waals surface area contributed by atoms with E-state index in [1.807, 2.05) is 37.3 Å². The Balaban J connectivity index is 2.00. The third kappa shape index (κ3) is 2.72. The molecule has 0 spiro atoms. The summed E-state index contributed by atoms with van der Waals surface area (Å²) in [4.78, 5) is 0. The van der Waals surface area contributed by atoms with E-state index in [4.69, 9.17) is 4.74 Å². The molecule has 3 aromatic rings. The molecule has 1 heterocycles. The van der Waals surface area contributed by atoms with Gasteiger partial charge in [0.25, 0.3) is 0 Å². The molecule has 0 aromatic heterocycles. The fourth-order valence-electron chi connectivity index (χ4n) is 4.46. The molecule has 3 aromatic carbocycles. The van der Waals surface area contributed by atoms with Crippen molar-refractivity contribution >= 4 is 10.8 Å². The monoisotopic (exact) mass is 363 g/mol. The van der Waals surface area contributed by atoms with Gasteiger partial charge in [0, 0.05) is 28.8 Å². The molecule has 140 valence electrons. The van der Waals surface area contributed by atoms with Gasteiger partial charge in [-0.1, -0.05) is 30.3 Å². The fourth-order valence-corrected chi connectivity index (χ4v) is 4.46. The molecule has 0 aliphatic carbocycles. The van der Waals surface area contributed by atoms with E-state index >= 15 is 0 Å². The first kappa shape index (κ1) is 17.7. The minimum atomic E-state index is 0.0566. The van der Waals surface area contributed by atoms with Gasteiger partial charge in [-0.2, -0.15) is 0 Å². The summed E-state index contributed by atoms with van der Waals surface area (Å²) in [6.45, 7) is 6.17.